The summed E-state index contributed by atoms with van der Waals surface area (Å²) in [4.78, 5) is 30.9. The minimum absolute atomic E-state index is 0.0518. The minimum Gasteiger partial charge on any atom is -0.478 e. The average molecular weight is 453 g/mol. The summed E-state index contributed by atoms with van der Waals surface area (Å²) in [5.41, 5.74) is 6.86. The monoisotopic (exact) mass is 452 g/mol. The highest BCUT2D eigenvalue weighted by molar-refractivity contribution is 6.42. The third-order valence-corrected chi connectivity index (χ3v) is 4.66. The van der Waals surface area contributed by atoms with E-state index in [1.54, 1.807) is 6.07 Å². The Kier molecular flexibility index (Phi) is 10.0. The van der Waals surface area contributed by atoms with Gasteiger partial charge in [0.1, 0.15) is 0 Å². The molecule has 0 aliphatic rings. The number of amides is 1. The van der Waals surface area contributed by atoms with Crippen molar-refractivity contribution in [3.8, 4) is 0 Å². The maximum atomic E-state index is 11.8. The molecule has 160 valence electrons. The van der Waals surface area contributed by atoms with Crippen LogP contribution in [-0.2, 0) is 26.3 Å². The van der Waals surface area contributed by atoms with Crippen molar-refractivity contribution in [1.82, 2.24) is 5.32 Å². The maximum Gasteiger partial charge on any atom is 0.328 e. The van der Waals surface area contributed by atoms with E-state index < -0.39 is 17.5 Å². The van der Waals surface area contributed by atoms with Crippen molar-refractivity contribution >= 4 is 41.0 Å². The molecule has 0 saturated heterocycles. The van der Waals surface area contributed by atoms with E-state index in [0.29, 0.717) is 28.6 Å². The van der Waals surface area contributed by atoms with Gasteiger partial charge in [0.15, 0.2) is 0 Å². The smallest absolute Gasteiger partial charge is 0.328 e. The van der Waals surface area contributed by atoms with Crippen LogP contribution in [0.3, 0.4) is 0 Å². The molecule has 0 saturated carbocycles. The van der Waals surface area contributed by atoms with E-state index in [9.17, 15) is 14.4 Å². The Hall–Kier alpha value is -2.87. The molecular weight excluding hydrogens is 431 g/mol. The number of carbonyl (C=O) groups excluding carboxylic acids is 1. The number of rotatable bonds is 7. The molecule has 0 bridgehead atoms. The molecule has 0 heterocycles. The zero-order chi connectivity index (χ0) is 22.7. The van der Waals surface area contributed by atoms with E-state index in [2.05, 4.69) is 5.32 Å². The van der Waals surface area contributed by atoms with Gasteiger partial charge >= 0.3 is 11.9 Å². The van der Waals surface area contributed by atoms with Gasteiger partial charge in [0.05, 0.1) is 22.1 Å². The Morgan fingerprint density at radius 1 is 1.00 bits per heavy atom. The van der Waals surface area contributed by atoms with Gasteiger partial charge in [-0.1, -0.05) is 59.6 Å². The number of nitrogens with two attached hydrogens (primary N) is 1. The minimum atomic E-state index is -1.26. The first-order valence-corrected chi connectivity index (χ1v) is 9.47. The third kappa shape index (κ3) is 8.65. The van der Waals surface area contributed by atoms with Crippen molar-refractivity contribution in [2.75, 3.05) is 6.54 Å². The molecule has 1 amide bonds. The predicted octanol–water partition coefficient (Wildman–Crippen LogP) is 3.24. The fraction of sp³-hybridized carbons (Fsp3) is 0.190. The van der Waals surface area contributed by atoms with Gasteiger partial charge in [0.25, 0.3) is 0 Å². The number of carboxylic acids is 2. The molecule has 1 unspecified atom stereocenters. The molecule has 0 radical (unpaired) electrons. The highest BCUT2D eigenvalue weighted by Gasteiger charge is 2.28. The van der Waals surface area contributed by atoms with Crippen LogP contribution < -0.4 is 11.1 Å². The Morgan fingerprint density at radius 3 is 2.03 bits per heavy atom. The summed E-state index contributed by atoms with van der Waals surface area (Å²) in [6.07, 6.45) is 1.70. The first-order valence-electron chi connectivity index (χ1n) is 8.72. The number of benzene rings is 2. The van der Waals surface area contributed by atoms with Gasteiger partial charge in [-0.15, -0.1) is 0 Å². The topological polar surface area (TPSA) is 130 Å². The van der Waals surface area contributed by atoms with Gasteiger partial charge < -0.3 is 21.3 Å². The summed E-state index contributed by atoms with van der Waals surface area (Å²) in [5, 5.41) is 19.6. The van der Waals surface area contributed by atoms with Crippen LogP contribution in [0.15, 0.2) is 60.7 Å². The van der Waals surface area contributed by atoms with Crippen LogP contribution in [0.25, 0.3) is 0 Å². The first kappa shape index (κ1) is 25.2. The van der Waals surface area contributed by atoms with Crippen LogP contribution in [0.5, 0.6) is 0 Å². The zero-order valence-corrected chi connectivity index (χ0v) is 17.7. The summed E-state index contributed by atoms with van der Waals surface area (Å²) < 4.78 is 0. The number of carbonyl (C=O) groups is 3. The summed E-state index contributed by atoms with van der Waals surface area (Å²) in [6, 6.07) is 15.3. The van der Waals surface area contributed by atoms with Crippen LogP contribution >= 0.6 is 23.2 Å². The predicted molar refractivity (Wildman–Crippen MR) is 116 cm³/mol. The van der Waals surface area contributed by atoms with Crippen molar-refractivity contribution in [2.45, 2.75) is 18.9 Å². The fourth-order valence-corrected chi connectivity index (χ4v) is 2.90. The van der Waals surface area contributed by atoms with Crippen LogP contribution in [0.1, 0.15) is 18.1 Å². The molecule has 5 N–H and O–H groups in total. The second-order valence-corrected chi connectivity index (χ2v) is 7.20. The number of aliphatic carboxylic acids is 2. The lowest BCUT2D eigenvalue weighted by Gasteiger charge is -2.32. The van der Waals surface area contributed by atoms with Gasteiger partial charge in [-0.05, 0) is 36.6 Å². The molecule has 2 aromatic rings. The summed E-state index contributed by atoms with van der Waals surface area (Å²) in [6.45, 7) is 1.92. The Bertz CT molecular complexity index is 903. The molecule has 2 aromatic carbocycles. The van der Waals surface area contributed by atoms with E-state index in [1.807, 2.05) is 49.4 Å². The summed E-state index contributed by atoms with van der Waals surface area (Å²) >= 11 is 12.0. The second-order valence-electron chi connectivity index (χ2n) is 6.39. The average Bonchev–Trinajstić information content (AvgIpc) is 2.70. The number of hydrogen-bond donors (Lipinski definition) is 4. The SMILES string of the molecule is CC(Cc1ccc(Cl)c(Cl)c1)(NC(=O)CN)c1ccccc1.O=C(O)C=CC(=O)O. The standard InChI is InChI=1S/C17H18Cl2N2O.C4H4O4/c1-17(21-16(22)11-20,13-5-3-2-4-6-13)10-12-7-8-14(18)15(19)9-12;5-3(6)1-2-4(7)8/h2-9H,10-11,20H2,1H3,(H,21,22);1-2H,(H,5,6)(H,7,8). The normalized spacial score (nSPS) is 12.4. The maximum absolute atomic E-state index is 11.8. The van der Waals surface area contributed by atoms with E-state index in [-0.39, 0.29) is 12.5 Å². The molecule has 0 aliphatic carbocycles. The molecule has 1 atom stereocenters. The van der Waals surface area contributed by atoms with E-state index in [0.717, 1.165) is 11.1 Å². The number of nitrogens with one attached hydrogen (secondary N) is 1. The highest BCUT2D eigenvalue weighted by atomic mass is 35.5. The van der Waals surface area contributed by atoms with Gasteiger partial charge in [-0.3, -0.25) is 4.79 Å². The fourth-order valence-electron chi connectivity index (χ4n) is 2.58. The summed E-state index contributed by atoms with van der Waals surface area (Å²) in [5.74, 6) is -2.72. The quantitative estimate of drug-likeness (QED) is 0.477. The largest absolute Gasteiger partial charge is 0.478 e. The molecule has 0 fully saturated rings. The van der Waals surface area contributed by atoms with Gasteiger partial charge in [-0.25, -0.2) is 9.59 Å². The first-order chi connectivity index (χ1) is 14.1. The van der Waals surface area contributed by atoms with Crippen molar-refractivity contribution in [3.63, 3.8) is 0 Å². The van der Waals surface area contributed by atoms with Gasteiger partial charge in [0.2, 0.25) is 5.91 Å². The zero-order valence-electron chi connectivity index (χ0n) is 16.1. The molecular formula is C21H22Cl2N2O5. The van der Waals surface area contributed by atoms with Crippen LogP contribution in [0, 0.1) is 0 Å². The van der Waals surface area contributed by atoms with Crippen molar-refractivity contribution in [1.29, 1.82) is 0 Å². The Balaban J connectivity index is 0.000000479. The van der Waals surface area contributed by atoms with Crippen molar-refractivity contribution in [2.24, 2.45) is 5.73 Å². The lowest BCUT2D eigenvalue weighted by atomic mass is 9.85. The second kappa shape index (κ2) is 12.0. The van der Waals surface area contributed by atoms with Crippen molar-refractivity contribution < 1.29 is 24.6 Å². The van der Waals surface area contributed by atoms with Gasteiger partial charge in [-0.2, -0.15) is 0 Å². The Morgan fingerprint density at radius 2 is 1.57 bits per heavy atom. The molecule has 0 aromatic heterocycles. The van der Waals surface area contributed by atoms with Crippen LogP contribution in [-0.4, -0.2) is 34.6 Å². The van der Waals surface area contributed by atoms with Crippen molar-refractivity contribution in [3.05, 3.63) is 81.9 Å². The highest BCUT2D eigenvalue weighted by Crippen LogP contribution is 2.29. The summed E-state index contributed by atoms with van der Waals surface area (Å²) in [7, 11) is 0. The molecule has 9 heteroatoms. The molecule has 0 aliphatic heterocycles. The van der Waals surface area contributed by atoms with E-state index in [1.165, 1.54) is 0 Å². The van der Waals surface area contributed by atoms with Crippen LogP contribution in [0.4, 0.5) is 0 Å². The number of hydrogen-bond acceptors (Lipinski definition) is 4. The van der Waals surface area contributed by atoms with Gasteiger partial charge in [0, 0.05) is 12.2 Å². The van der Waals surface area contributed by atoms with E-state index >= 15 is 0 Å². The van der Waals surface area contributed by atoms with Crippen LogP contribution in [0.2, 0.25) is 10.0 Å². The lowest BCUT2D eigenvalue weighted by Crippen LogP contribution is -2.47. The number of carboxylic acid groups (broad SMARTS) is 2. The molecule has 30 heavy (non-hydrogen) atoms. The molecule has 0 spiro atoms. The molecule has 2 rings (SSSR count). The van der Waals surface area contributed by atoms with E-state index in [4.69, 9.17) is 39.1 Å². The number of halogens is 2. The third-order valence-electron chi connectivity index (χ3n) is 3.92. The Labute approximate surface area is 184 Å². The lowest BCUT2D eigenvalue weighted by molar-refractivity contribution is -0.134. The molecule has 7 nitrogen and oxygen atoms in total.